The second kappa shape index (κ2) is 2.23. The summed E-state index contributed by atoms with van der Waals surface area (Å²) >= 11 is 0. The van der Waals surface area contributed by atoms with Gasteiger partial charge in [-0.3, -0.25) is 4.79 Å². The lowest BCUT2D eigenvalue weighted by atomic mass is 10.1. The maximum atomic E-state index is 11.1. The minimum atomic E-state index is 0.268. The van der Waals surface area contributed by atoms with Gasteiger partial charge in [0, 0.05) is 19.5 Å². The molecule has 1 aliphatic heterocycles. The van der Waals surface area contributed by atoms with Crippen molar-refractivity contribution >= 4 is 5.91 Å². The molecule has 2 heteroatoms. The molecule has 2 rings (SSSR count). The predicted octanol–water partition coefficient (Wildman–Crippen LogP) is 1.26. The molecule has 2 nitrogen and oxygen atoms in total. The van der Waals surface area contributed by atoms with E-state index < -0.39 is 0 Å². The van der Waals surface area contributed by atoms with Crippen molar-refractivity contribution in [1.82, 2.24) is 4.90 Å². The zero-order chi connectivity index (χ0) is 8.01. The van der Waals surface area contributed by atoms with Crippen molar-refractivity contribution in [2.24, 2.45) is 11.8 Å². The van der Waals surface area contributed by atoms with Gasteiger partial charge in [0.2, 0.25) is 5.91 Å². The van der Waals surface area contributed by atoms with E-state index >= 15 is 0 Å². The summed E-state index contributed by atoms with van der Waals surface area (Å²) in [6.45, 7) is 4.91. The predicted molar refractivity (Wildman–Crippen MR) is 43.1 cm³/mol. The molecule has 0 bridgehead atoms. The number of hydrogen-bond acceptors (Lipinski definition) is 1. The molecular weight excluding hydrogens is 138 g/mol. The highest BCUT2D eigenvalue weighted by molar-refractivity contribution is 5.74. The third-order valence-electron chi connectivity index (χ3n) is 3.13. The highest BCUT2D eigenvalue weighted by Gasteiger charge is 2.52. The second-order valence-electron chi connectivity index (χ2n) is 3.81. The summed E-state index contributed by atoms with van der Waals surface area (Å²) in [6, 6.07) is 0.581. The first-order valence-corrected chi connectivity index (χ1v) is 4.51. The van der Waals surface area contributed by atoms with E-state index in [1.165, 1.54) is 6.42 Å². The van der Waals surface area contributed by atoms with Crippen LogP contribution in [0.2, 0.25) is 0 Å². The van der Waals surface area contributed by atoms with Gasteiger partial charge in [0.05, 0.1) is 0 Å². The molecule has 0 spiro atoms. The molecule has 1 saturated heterocycles. The van der Waals surface area contributed by atoms with Crippen LogP contribution in [0.15, 0.2) is 0 Å². The Morgan fingerprint density at radius 3 is 2.82 bits per heavy atom. The quantitative estimate of drug-likeness (QED) is 0.555. The summed E-state index contributed by atoms with van der Waals surface area (Å²) in [6.07, 6.45) is 2.52. The van der Waals surface area contributed by atoms with Crippen molar-refractivity contribution in [2.75, 3.05) is 6.54 Å². The van der Waals surface area contributed by atoms with Crippen LogP contribution in [0.1, 0.15) is 26.7 Å². The van der Waals surface area contributed by atoms with Crippen LogP contribution in [0.25, 0.3) is 0 Å². The highest BCUT2D eigenvalue weighted by Crippen LogP contribution is 2.50. The normalized spacial score (nSPS) is 40.5. The average Bonchev–Trinajstić information content (AvgIpc) is 2.63. The molecule has 1 heterocycles. The van der Waals surface area contributed by atoms with Crippen molar-refractivity contribution < 1.29 is 4.79 Å². The lowest BCUT2D eigenvalue weighted by Crippen LogP contribution is -2.36. The highest BCUT2D eigenvalue weighted by atomic mass is 16.2. The van der Waals surface area contributed by atoms with Gasteiger partial charge in [0.1, 0.15) is 0 Å². The van der Waals surface area contributed by atoms with Gasteiger partial charge in [-0.1, -0.05) is 6.92 Å². The first-order chi connectivity index (χ1) is 5.24. The Kier molecular flexibility index (Phi) is 1.44. The molecule has 1 amide bonds. The van der Waals surface area contributed by atoms with Crippen LogP contribution >= 0.6 is 0 Å². The summed E-state index contributed by atoms with van der Waals surface area (Å²) in [5.74, 6) is 2.00. The summed E-state index contributed by atoms with van der Waals surface area (Å²) in [5, 5.41) is 0. The molecule has 0 aromatic rings. The Morgan fingerprint density at radius 2 is 2.36 bits per heavy atom. The van der Waals surface area contributed by atoms with Crippen molar-refractivity contribution in [3.63, 3.8) is 0 Å². The zero-order valence-electron chi connectivity index (χ0n) is 7.21. The summed E-state index contributed by atoms with van der Waals surface area (Å²) in [7, 11) is 0. The van der Waals surface area contributed by atoms with Crippen molar-refractivity contribution in [2.45, 2.75) is 32.7 Å². The number of carbonyl (C=O) groups is 1. The molecule has 0 aromatic carbocycles. The summed E-state index contributed by atoms with van der Waals surface area (Å²) in [5.41, 5.74) is 0. The number of hydrogen-bond donors (Lipinski definition) is 0. The molecule has 1 saturated carbocycles. The maximum Gasteiger partial charge on any atom is 0.219 e. The van der Waals surface area contributed by atoms with Gasteiger partial charge in [-0.15, -0.1) is 0 Å². The lowest BCUT2D eigenvalue weighted by Gasteiger charge is -2.24. The fourth-order valence-electron chi connectivity index (χ4n) is 2.46. The third kappa shape index (κ3) is 0.959. The Morgan fingerprint density at radius 1 is 1.64 bits per heavy atom. The minimum Gasteiger partial charge on any atom is -0.339 e. The van der Waals surface area contributed by atoms with Gasteiger partial charge in [-0.25, -0.2) is 0 Å². The Bertz CT molecular complexity index is 190. The molecule has 0 N–H and O–H groups in total. The van der Waals surface area contributed by atoms with Crippen LogP contribution in [-0.4, -0.2) is 23.4 Å². The average molecular weight is 153 g/mol. The van der Waals surface area contributed by atoms with Crippen LogP contribution in [0.3, 0.4) is 0 Å². The van der Waals surface area contributed by atoms with Crippen molar-refractivity contribution in [3.05, 3.63) is 0 Å². The van der Waals surface area contributed by atoms with Gasteiger partial charge < -0.3 is 4.90 Å². The first kappa shape index (κ1) is 7.14. The molecule has 0 unspecified atom stereocenters. The van der Waals surface area contributed by atoms with Gasteiger partial charge in [-0.05, 0) is 24.7 Å². The minimum absolute atomic E-state index is 0.268. The number of piperidine rings is 1. The lowest BCUT2D eigenvalue weighted by molar-refractivity contribution is -0.130. The van der Waals surface area contributed by atoms with E-state index in [1.807, 2.05) is 0 Å². The third-order valence-corrected chi connectivity index (χ3v) is 3.13. The zero-order valence-corrected chi connectivity index (χ0v) is 7.21. The molecule has 2 fully saturated rings. The number of carbonyl (C=O) groups excluding carboxylic acids is 1. The van der Waals surface area contributed by atoms with E-state index in [0.717, 1.165) is 24.8 Å². The van der Waals surface area contributed by atoms with Crippen molar-refractivity contribution in [3.8, 4) is 0 Å². The second-order valence-corrected chi connectivity index (χ2v) is 3.81. The number of nitrogens with zero attached hydrogens (tertiary/aromatic N) is 1. The molecule has 0 aromatic heterocycles. The fraction of sp³-hybridized carbons (Fsp3) is 0.889. The number of rotatable bonds is 1. The first-order valence-electron chi connectivity index (χ1n) is 4.51. The van der Waals surface area contributed by atoms with E-state index in [2.05, 4.69) is 11.8 Å². The van der Waals surface area contributed by atoms with E-state index in [9.17, 15) is 4.79 Å². The Labute approximate surface area is 67.6 Å². The number of likely N-dealkylation sites (tertiary alicyclic amines) is 1. The molecule has 62 valence electrons. The number of amides is 1. The van der Waals surface area contributed by atoms with Crippen LogP contribution in [-0.2, 0) is 4.79 Å². The van der Waals surface area contributed by atoms with Gasteiger partial charge in [0.15, 0.2) is 0 Å². The van der Waals surface area contributed by atoms with E-state index in [0.29, 0.717) is 6.04 Å². The monoisotopic (exact) mass is 153 g/mol. The van der Waals surface area contributed by atoms with E-state index in [1.54, 1.807) is 6.92 Å². The van der Waals surface area contributed by atoms with Crippen LogP contribution in [0.5, 0.6) is 0 Å². The summed E-state index contributed by atoms with van der Waals surface area (Å²) < 4.78 is 0. The van der Waals surface area contributed by atoms with Gasteiger partial charge in [-0.2, -0.15) is 0 Å². The standard InChI is InChI=1S/C9H15NO/c1-3-9-8-4-7(8)5-10(9)6(2)11/h7-9H,3-5H2,1-2H3/t7-,8-,9+/m0/s1. The summed E-state index contributed by atoms with van der Waals surface area (Å²) in [4.78, 5) is 13.2. The van der Waals surface area contributed by atoms with E-state index in [-0.39, 0.29) is 5.91 Å². The molecule has 2 aliphatic rings. The van der Waals surface area contributed by atoms with E-state index in [4.69, 9.17) is 0 Å². The molecule has 0 radical (unpaired) electrons. The Hall–Kier alpha value is -0.530. The van der Waals surface area contributed by atoms with Crippen LogP contribution < -0.4 is 0 Å². The fourth-order valence-corrected chi connectivity index (χ4v) is 2.46. The molecule has 3 atom stereocenters. The van der Waals surface area contributed by atoms with Crippen LogP contribution in [0, 0.1) is 11.8 Å². The largest absolute Gasteiger partial charge is 0.339 e. The molecule has 1 aliphatic carbocycles. The molecular formula is C9H15NO. The maximum absolute atomic E-state index is 11.1. The SMILES string of the molecule is CC[C@@H]1[C@H]2C[C@H]2CN1C(C)=O. The smallest absolute Gasteiger partial charge is 0.219 e. The van der Waals surface area contributed by atoms with Crippen LogP contribution in [0.4, 0.5) is 0 Å². The van der Waals surface area contributed by atoms with Gasteiger partial charge in [0.25, 0.3) is 0 Å². The molecule has 11 heavy (non-hydrogen) atoms. The number of fused-ring (bicyclic) bond motifs is 1. The topological polar surface area (TPSA) is 20.3 Å². The van der Waals surface area contributed by atoms with Crippen molar-refractivity contribution in [1.29, 1.82) is 0 Å². The Balaban J connectivity index is 2.06. The van der Waals surface area contributed by atoms with Gasteiger partial charge >= 0.3 is 0 Å².